The highest BCUT2D eigenvalue weighted by atomic mass is 16.5. The number of amides is 1. The Balaban J connectivity index is 1.71. The Kier molecular flexibility index (Phi) is 5.80. The van der Waals surface area contributed by atoms with Gasteiger partial charge in [-0.3, -0.25) is 4.79 Å². The van der Waals surface area contributed by atoms with Crippen LogP contribution in [0.1, 0.15) is 31.7 Å². The Labute approximate surface area is 158 Å². The van der Waals surface area contributed by atoms with Crippen LogP contribution in [0.25, 0.3) is 11.5 Å². The average molecular weight is 365 g/mol. The van der Waals surface area contributed by atoms with Crippen LogP contribution in [-0.4, -0.2) is 21.0 Å². The number of carbonyl (C=O) groups is 1. The molecule has 7 nitrogen and oxygen atoms in total. The number of rotatable bonds is 7. The van der Waals surface area contributed by atoms with Crippen LogP contribution in [0, 0.1) is 12.8 Å². The molecule has 7 heteroatoms. The maximum Gasteiger partial charge on any atom is 0.261 e. The predicted molar refractivity (Wildman–Crippen MR) is 104 cm³/mol. The molecule has 2 N–H and O–H groups in total. The number of anilines is 2. The standard InChI is InChI=1S/C20H23N5O2/c1-4-13(2)19(26)24-16-8-5-7-15(11-16)12-22-18-17(9-6-10-21-18)20-23-14(3)25-27-20/h5-11,13H,4,12H2,1-3H3,(H,21,22)(H,24,26). The maximum absolute atomic E-state index is 12.1. The van der Waals surface area contributed by atoms with Crippen LogP contribution in [0.4, 0.5) is 11.5 Å². The van der Waals surface area contributed by atoms with Gasteiger partial charge in [-0.2, -0.15) is 4.98 Å². The molecule has 0 aliphatic rings. The van der Waals surface area contributed by atoms with Crippen LogP contribution >= 0.6 is 0 Å². The van der Waals surface area contributed by atoms with E-state index in [4.69, 9.17) is 4.52 Å². The third-order valence-electron chi connectivity index (χ3n) is 4.28. The second-order valence-corrected chi connectivity index (χ2v) is 6.40. The maximum atomic E-state index is 12.1. The summed E-state index contributed by atoms with van der Waals surface area (Å²) in [5.74, 6) is 1.68. The fraction of sp³-hybridized carbons (Fsp3) is 0.300. The normalized spacial score (nSPS) is 11.8. The van der Waals surface area contributed by atoms with E-state index >= 15 is 0 Å². The molecule has 2 heterocycles. The Morgan fingerprint density at radius 3 is 2.85 bits per heavy atom. The zero-order valence-electron chi connectivity index (χ0n) is 15.7. The summed E-state index contributed by atoms with van der Waals surface area (Å²) in [6.45, 7) is 6.24. The van der Waals surface area contributed by atoms with Crippen molar-refractivity contribution >= 4 is 17.4 Å². The Morgan fingerprint density at radius 1 is 1.26 bits per heavy atom. The molecule has 0 saturated heterocycles. The van der Waals surface area contributed by atoms with Crippen LogP contribution < -0.4 is 10.6 Å². The fourth-order valence-corrected chi connectivity index (χ4v) is 2.52. The molecule has 0 bridgehead atoms. The number of carbonyl (C=O) groups excluding carboxylic acids is 1. The molecule has 140 valence electrons. The van der Waals surface area contributed by atoms with E-state index in [2.05, 4.69) is 25.8 Å². The van der Waals surface area contributed by atoms with Crippen molar-refractivity contribution in [1.82, 2.24) is 15.1 Å². The minimum absolute atomic E-state index is 0.0132. The molecule has 3 aromatic rings. The number of nitrogens with one attached hydrogen (secondary N) is 2. The van der Waals surface area contributed by atoms with Crippen molar-refractivity contribution in [1.29, 1.82) is 0 Å². The first-order valence-corrected chi connectivity index (χ1v) is 8.96. The molecule has 1 amide bonds. The van der Waals surface area contributed by atoms with Gasteiger partial charge in [-0.05, 0) is 43.2 Å². The van der Waals surface area contributed by atoms with E-state index in [1.165, 1.54) is 0 Å². The van der Waals surface area contributed by atoms with Gasteiger partial charge in [0.2, 0.25) is 5.91 Å². The van der Waals surface area contributed by atoms with Crippen LogP contribution in [0.5, 0.6) is 0 Å². The molecule has 1 atom stereocenters. The number of aryl methyl sites for hydroxylation is 1. The lowest BCUT2D eigenvalue weighted by Crippen LogP contribution is -2.19. The minimum Gasteiger partial charge on any atom is -0.365 e. The van der Waals surface area contributed by atoms with E-state index in [1.807, 2.05) is 50.2 Å². The summed E-state index contributed by atoms with van der Waals surface area (Å²) in [6.07, 6.45) is 2.52. The van der Waals surface area contributed by atoms with E-state index in [0.29, 0.717) is 24.1 Å². The Hall–Kier alpha value is -3.22. The summed E-state index contributed by atoms with van der Waals surface area (Å²) in [6, 6.07) is 11.5. The lowest BCUT2D eigenvalue weighted by atomic mass is 10.1. The topological polar surface area (TPSA) is 92.9 Å². The van der Waals surface area contributed by atoms with E-state index in [-0.39, 0.29) is 11.8 Å². The average Bonchev–Trinajstić information content (AvgIpc) is 3.12. The SMILES string of the molecule is CCC(C)C(=O)Nc1cccc(CNc2ncccc2-c2nc(C)no2)c1. The Morgan fingerprint density at radius 2 is 2.11 bits per heavy atom. The van der Waals surface area contributed by atoms with Gasteiger partial charge in [0.15, 0.2) is 5.82 Å². The van der Waals surface area contributed by atoms with Gasteiger partial charge in [0.1, 0.15) is 5.82 Å². The lowest BCUT2D eigenvalue weighted by molar-refractivity contribution is -0.119. The molecule has 0 spiro atoms. The highest BCUT2D eigenvalue weighted by molar-refractivity contribution is 5.92. The third-order valence-corrected chi connectivity index (χ3v) is 4.28. The van der Waals surface area contributed by atoms with Gasteiger partial charge in [-0.1, -0.05) is 31.1 Å². The molecule has 1 unspecified atom stereocenters. The summed E-state index contributed by atoms with van der Waals surface area (Å²) in [7, 11) is 0. The first-order valence-electron chi connectivity index (χ1n) is 8.96. The minimum atomic E-state index is -0.0132. The lowest BCUT2D eigenvalue weighted by Gasteiger charge is -2.12. The van der Waals surface area contributed by atoms with Crippen molar-refractivity contribution in [2.24, 2.45) is 5.92 Å². The van der Waals surface area contributed by atoms with E-state index < -0.39 is 0 Å². The van der Waals surface area contributed by atoms with Crippen molar-refractivity contribution in [3.63, 3.8) is 0 Å². The summed E-state index contributed by atoms with van der Waals surface area (Å²) < 4.78 is 5.25. The Bertz CT molecular complexity index is 922. The molecular weight excluding hydrogens is 342 g/mol. The third kappa shape index (κ3) is 4.69. The van der Waals surface area contributed by atoms with E-state index in [1.54, 1.807) is 13.1 Å². The predicted octanol–water partition coefficient (Wildman–Crippen LogP) is 4.04. The van der Waals surface area contributed by atoms with Crippen molar-refractivity contribution in [2.75, 3.05) is 10.6 Å². The summed E-state index contributed by atoms with van der Waals surface area (Å²) in [4.78, 5) is 20.7. The molecule has 0 saturated carbocycles. The molecule has 0 radical (unpaired) electrons. The van der Waals surface area contributed by atoms with E-state index in [9.17, 15) is 4.79 Å². The van der Waals surface area contributed by atoms with Gasteiger partial charge in [0, 0.05) is 24.3 Å². The molecule has 2 aromatic heterocycles. The zero-order chi connectivity index (χ0) is 19.2. The van der Waals surface area contributed by atoms with Crippen molar-refractivity contribution in [3.8, 4) is 11.5 Å². The fourth-order valence-electron chi connectivity index (χ4n) is 2.52. The smallest absolute Gasteiger partial charge is 0.261 e. The van der Waals surface area contributed by atoms with Crippen LogP contribution in [-0.2, 0) is 11.3 Å². The van der Waals surface area contributed by atoms with Crippen molar-refractivity contribution < 1.29 is 9.32 Å². The van der Waals surface area contributed by atoms with Gasteiger partial charge in [-0.15, -0.1) is 0 Å². The second kappa shape index (κ2) is 8.44. The van der Waals surface area contributed by atoms with Gasteiger partial charge < -0.3 is 15.2 Å². The van der Waals surface area contributed by atoms with Crippen molar-refractivity contribution in [3.05, 3.63) is 54.0 Å². The number of aromatic nitrogens is 3. The highest BCUT2D eigenvalue weighted by Crippen LogP contribution is 2.25. The first kappa shape index (κ1) is 18.6. The highest BCUT2D eigenvalue weighted by Gasteiger charge is 2.13. The van der Waals surface area contributed by atoms with E-state index in [0.717, 1.165) is 23.2 Å². The summed E-state index contributed by atoms with van der Waals surface area (Å²) in [5, 5.41) is 10.1. The van der Waals surface area contributed by atoms with Gasteiger partial charge >= 0.3 is 0 Å². The summed E-state index contributed by atoms with van der Waals surface area (Å²) >= 11 is 0. The molecule has 3 rings (SSSR count). The van der Waals surface area contributed by atoms with Crippen LogP contribution in [0.15, 0.2) is 47.1 Å². The quantitative estimate of drug-likeness (QED) is 0.656. The largest absolute Gasteiger partial charge is 0.365 e. The monoisotopic (exact) mass is 365 g/mol. The molecule has 27 heavy (non-hydrogen) atoms. The molecule has 0 aliphatic heterocycles. The number of nitrogens with zero attached hydrogens (tertiary/aromatic N) is 3. The zero-order valence-corrected chi connectivity index (χ0v) is 15.7. The molecule has 1 aromatic carbocycles. The first-order chi connectivity index (χ1) is 13.1. The molecule has 0 aliphatic carbocycles. The number of hydrogen-bond acceptors (Lipinski definition) is 6. The van der Waals surface area contributed by atoms with Crippen molar-refractivity contribution in [2.45, 2.75) is 33.7 Å². The summed E-state index contributed by atoms with van der Waals surface area (Å²) in [5.41, 5.74) is 2.56. The number of hydrogen-bond donors (Lipinski definition) is 2. The van der Waals surface area contributed by atoms with Gasteiger partial charge in [-0.25, -0.2) is 4.98 Å². The van der Waals surface area contributed by atoms with Crippen LogP contribution in [0.3, 0.4) is 0 Å². The number of pyridine rings is 1. The second-order valence-electron chi connectivity index (χ2n) is 6.40. The van der Waals surface area contributed by atoms with Gasteiger partial charge in [0.25, 0.3) is 5.89 Å². The van der Waals surface area contributed by atoms with Gasteiger partial charge in [0.05, 0.1) is 5.56 Å². The molecular formula is C20H23N5O2. The molecule has 0 fully saturated rings. The number of benzene rings is 1. The van der Waals surface area contributed by atoms with Crippen LogP contribution in [0.2, 0.25) is 0 Å².